The molecule has 3 aromatic rings. The first kappa shape index (κ1) is 20.2. The smallest absolute Gasteiger partial charge is 0.420 e. The Morgan fingerprint density at radius 2 is 2.00 bits per heavy atom. The van der Waals surface area contributed by atoms with Crippen LogP contribution in [0.2, 0.25) is 0 Å². The summed E-state index contributed by atoms with van der Waals surface area (Å²) in [5, 5.41) is 0. The van der Waals surface area contributed by atoms with Crippen molar-refractivity contribution >= 4 is 17.1 Å². The minimum atomic E-state index is -0.567. The van der Waals surface area contributed by atoms with Crippen molar-refractivity contribution in [2.24, 2.45) is 5.92 Å². The third kappa shape index (κ3) is 3.85. The van der Waals surface area contributed by atoms with E-state index < -0.39 is 5.60 Å². The Kier molecular flexibility index (Phi) is 5.05. The number of nitrogens with zero attached hydrogens (tertiary/aromatic N) is 4. The highest BCUT2D eigenvalue weighted by molar-refractivity contribution is 5.87. The van der Waals surface area contributed by atoms with Crippen molar-refractivity contribution in [3.05, 3.63) is 59.7 Å². The number of benzene rings is 1. The summed E-state index contributed by atoms with van der Waals surface area (Å²) >= 11 is 0. The maximum atomic E-state index is 13.1. The number of hydrogen-bond acceptors (Lipinski definition) is 5. The molecule has 0 saturated carbocycles. The summed E-state index contributed by atoms with van der Waals surface area (Å²) in [7, 11) is 0. The van der Waals surface area contributed by atoms with Crippen molar-refractivity contribution in [1.29, 1.82) is 0 Å². The zero-order valence-corrected chi connectivity index (χ0v) is 18.5. The van der Waals surface area contributed by atoms with E-state index in [1.54, 1.807) is 4.57 Å². The Balaban J connectivity index is 1.53. The Morgan fingerprint density at radius 1 is 1.16 bits per heavy atom. The molecule has 0 bridgehead atoms. The predicted octanol–water partition coefficient (Wildman–Crippen LogP) is 5.11. The number of rotatable bonds is 2. The van der Waals surface area contributed by atoms with Crippen molar-refractivity contribution in [2.75, 3.05) is 6.54 Å². The molecule has 5 rings (SSSR count). The molecule has 0 spiro atoms. The minimum absolute atomic E-state index is 0.283. The second-order valence-electron chi connectivity index (χ2n) is 9.74. The van der Waals surface area contributed by atoms with E-state index in [1.807, 2.05) is 57.3 Å². The van der Waals surface area contributed by atoms with Gasteiger partial charge in [-0.25, -0.2) is 14.3 Å². The van der Waals surface area contributed by atoms with Crippen LogP contribution in [0.4, 0.5) is 4.79 Å². The first-order valence-corrected chi connectivity index (χ1v) is 11.3. The quantitative estimate of drug-likeness (QED) is 0.578. The van der Waals surface area contributed by atoms with Gasteiger partial charge in [0.25, 0.3) is 0 Å². The molecular weight excluding hydrogens is 388 g/mol. The Morgan fingerprint density at radius 3 is 2.84 bits per heavy atom. The Bertz CT molecular complexity index is 1110. The van der Waals surface area contributed by atoms with Gasteiger partial charge in [-0.3, -0.25) is 9.88 Å². The minimum Gasteiger partial charge on any atom is -0.443 e. The number of ether oxygens (including phenoxy) is 1. The molecule has 0 unspecified atom stereocenters. The fourth-order valence-corrected chi connectivity index (χ4v) is 5.17. The Hall–Kier alpha value is -2.73. The van der Waals surface area contributed by atoms with Crippen LogP contribution in [-0.2, 0) is 17.7 Å². The van der Waals surface area contributed by atoms with Gasteiger partial charge in [0.05, 0.1) is 29.3 Å². The van der Waals surface area contributed by atoms with E-state index in [9.17, 15) is 4.79 Å². The molecule has 2 atom stereocenters. The number of aryl methyl sites for hydroxylation is 1. The molecule has 1 aromatic carbocycles. The average molecular weight is 419 g/mol. The van der Waals surface area contributed by atoms with Gasteiger partial charge in [0.1, 0.15) is 11.4 Å². The highest BCUT2D eigenvalue weighted by atomic mass is 16.6. The van der Waals surface area contributed by atoms with Gasteiger partial charge in [-0.05, 0) is 82.7 Å². The van der Waals surface area contributed by atoms with Gasteiger partial charge in [0, 0.05) is 6.20 Å². The maximum Gasteiger partial charge on any atom is 0.420 e. The van der Waals surface area contributed by atoms with Crippen LogP contribution < -0.4 is 0 Å². The molecule has 1 saturated heterocycles. The molecule has 2 aliphatic rings. The monoisotopic (exact) mass is 418 g/mol. The number of pyridine rings is 1. The molecule has 0 radical (unpaired) electrons. The summed E-state index contributed by atoms with van der Waals surface area (Å²) in [6.07, 6.45) is 6.24. The fraction of sp³-hybridized carbons (Fsp3) is 0.480. The normalized spacial score (nSPS) is 21.5. The molecule has 6 heteroatoms. The zero-order valence-electron chi connectivity index (χ0n) is 18.5. The van der Waals surface area contributed by atoms with E-state index in [0.717, 1.165) is 36.2 Å². The summed E-state index contributed by atoms with van der Waals surface area (Å²) in [5.41, 5.74) is 3.61. The Labute approximate surface area is 183 Å². The van der Waals surface area contributed by atoms with Crippen LogP contribution in [0.5, 0.6) is 0 Å². The molecule has 1 aliphatic carbocycles. The molecule has 1 aliphatic heterocycles. The average Bonchev–Trinajstić information content (AvgIpc) is 3.10. The number of likely N-dealkylation sites (tertiary alicyclic amines) is 1. The van der Waals surface area contributed by atoms with Gasteiger partial charge >= 0.3 is 6.09 Å². The molecular formula is C25H30N4O2. The first-order valence-electron chi connectivity index (χ1n) is 11.3. The van der Waals surface area contributed by atoms with Gasteiger partial charge in [-0.2, -0.15) is 0 Å². The lowest BCUT2D eigenvalue weighted by atomic mass is 9.77. The van der Waals surface area contributed by atoms with Crippen LogP contribution >= 0.6 is 0 Å². The standard InChI is InChI=1S/C25H30N4O2/c1-25(2,3)31-24(30)29-20-11-5-4-10-19(20)27-21(29)16-28-15-7-9-18-13-12-17-8-6-14-26-22(17)23(18)28/h4-6,8,10-11,14,18,23H,7,9,12-13,15-16H2,1-3H3/t18-,23+/m1/s1. The van der Waals surface area contributed by atoms with Crippen LogP contribution in [0.3, 0.4) is 0 Å². The van der Waals surface area contributed by atoms with E-state index in [1.165, 1.54) is 24.1 Å². The molecule has 1 fully saturated rings. The second kappa shape index (κ2) is 7.75. The summed E-state index contributed by atoms with van der Waals surface area (Å²) in [6, 6.07) is 12.3. The van der Waals surface area contributed by atoms with Crippen LogP contribution in [0.25, 0.3) is 11.0 Å². The number of carbonyl (C=O) groups is 1. The van der Waals surface area contributed by atoms with Gasteiger partial charge in [-0.1, -0.05) is 18.2 Å². The lowest BCUT2D eigenvalue weighted by Gasteiger charge is -2.44. The largest absolute Gasteiger partial charge is 0.443 e. The number of imidazole rings is 1. The first-order chi connectivity index (χ1) is 14.9. The summed E-state index contributed by atoms with van der Waals surface area (Å²) in [5.74, 6) is 1.34. The highest BCUT2D eigenvalue weighted by Gasteiger charge is 2.38. The predicted molar refractivity (Wildman–Crippen MR) is 120 cm³/mol. The van der Waals surface area contributed by atoms with Gasteiger partial charge in [0.2, 0.25) is 0 Å². The van der Waals surface area contributed by atoms with E-state index in [2.05, 4.69) is 11.0 Å². The molecule has 6 nitrogen and oxygen atoms in total. The van der Waals surface area contributed by atoms with Gasteiger partial charge < -0.3 is 4.74 Å². The van der Waals surface area contributed by atoms with E-state index in [4.69, 9.17) is 14.7 Å². The molecule has 0 amide bonds. The SMILES string of the molecule is CC(C)(C)OC(=O)n1c(CN2CCC[C@@H]3CCc4cccnc4[C@H]32)nc2ccccc21. The number of carbonyl (C=O) groups excluding carboxylic acids is 1. The lowest BCUT2D eigenvalue weighted by Crippen LogP contribution is -2.42. The number of aromatic nitrogens is 3. The molecule has 2 aromatic heterocycles. The van der Waals surface area contributed by atoms with Gasteiger partial charge in [0.15, 0.2) is 0 Å². The molecule has 0 N–H and O–H groups in total. The molecule has 162 valence electrons. The topological polar surface area (TPSA) is 60.2 Å². The molecule has 31 heavy (non-hydrogen) atoms. The number of piperidine rings is 1. The third-order valence-electron chi connectivity index (χ3n) is 6.40. The number of hydrogen-bond donors (Lipinski definition) is 0. The highest BCUT2D eigenvalue weighted by Crippen LogP contribution is 2.43. The number of para-hydroxylation sites is 2. The van der Waals surface area contributed by atoms with Crippen LogP contribution in [-0.4, -0.2) is 37.7 Å². The fourth-order valence-electron chi connectivity index (χ4n) is 5.17. The second-order valence-corrected chi connectivity index (χ2v) is 9.74. The van der Waals surface area contributed by atoms with E-state index in [0.29, 0.717) is 12.5 Å². The van der Waals surface area contributed by atoms with Crippen molar-refractivity contribution in [3.8, 4) is 0 Å². The molecule has 3 heterocycles. The van der Waals surface area contributed by atoms with E-state index in [-0.39, 0.29) is 12.1 Å². The van der Waals surface area contributed by atoms with Crippen LogP contribution in [0.1, 0.15) is 63.2 Å². The zero-order chi connectivity index (χ0) is 21.6. The van der Waals surface area contributed by atoms with Crippen LogP contribution in [0.15, 0.2) is 42.6 Å². The summed E-state index contributed by atoms with van der Waals surface area (Å²) < 4.78 is 7.40. The number of fused-ring (bicyclic) bond motifs is 4. The third-order valence-corrected chi connectivity index (χ3v) is 6.40. The van der Waals surface area contributed by atoms with Crippen LogP contribution in [0, 0.1) is 5.92 Å². The van der Waals surface area contributed by atoms with Crippen molar-refractivity contribution in [3.63, 3.8) is 0 Å². The van der Waals surface area contributed by atoms with Crippen molar-refractivity contribution in [2.45, 2.75) is 64.6 Å². The lowest BCUT2D eigenvalue weighted by molar-refractivity contribution is 0.0497. The van der Waals surface area contributed by atoms with Gasteiger partial charge in [-0.15, -0.1) is 0 Å². The van der Waals surface area contributed by atoms with Crippen molar-refractivity contribution < 1.29 is 9.53 Å². The van der Waals surface area contributed by atoms with Crippen molar-refractivity contribution in [1.82, 2.24) is 19.4 Å². The summed E-state index contributed by atoms with van der Waals surface area (Å²) in [6.45, 7) is 7.26. The summed E-state index contributed by atoms with van der Waals surface area (Å²) in [4.78, 5) is 25.3. The van der Waals surface area contributed by atoms with E-state index >= 15 is 0 Å². The maximum absolute atomic E-state index is 13.1.